The molecule has 0 aliphatic carbocycles. The molecule has 2 heterocycles. The zero-order valence-corrected chi connectivity index (χ0v) is 12.3. The third kappa shape index (κ3) is 5.29. The number of imidazole rings is 1. The number of nitrogens with zero attached hydrogens (tertiary/aromatic N) is 3. The lowest BCUT2D eigenvalue weighted by atomic mass is 10.2. The first-order valence-corrected chi connectivity index (χ1v) is 6.93. The minimum absolute atomic E-state index is 0.00856. The van der Waals surface area contributed by atoms with Crippen LogP contribution < -0.4 is 0 Å². The molecule has 8 heteroatoms. The van der Waals surface area contributed by atoms with Gasteiger partial charge in [0.25, 0.3) is 0 Å². The van der Waals surface area contributed by atoms with E-state index in [-0.39, 0.29) is 12.6 Å². The van der Waals surface area contributed by atoms with E-state index in [0.717, 1.165) is 12.2 Å². The van der Waals surface area contributed by atoms with Crippen molar-refractivity contribution in [3.05, 3.63) is 17.7 Å². The predicted octanol–water partition coefficient (Wildman–Crippen LogP) is 1.80. The van der Waals surface area contributed by atoms with Crippen LogP contribution in [0.15, 0.2) is 6.20 Å². The van der Waals surface area contributed by atoms with Crippen molar-refractivity contribution < 1.29 is 17.9 Å². The molecular weight excluding hydrogens is 285 g/mol. The SMILES string of the molecule is CN(C)Cc1cnc([C@H]2CN(CCC(F)(F)F)CCO2)[nH]1. The fraction of sp³-hybridized carbons (Fsp3) is 0.769. The Labute approximate surface area is 122 Å². The second-order valence-electron chi connectivity index (χ2n) is 5.56. The molecule has 1 fully saturated rings. The van der Waals surface area contributed by atoms with E-state index in [1.165, 1.54) is 0 Å². The smallest absolute Gasteiger partial charge is 0.368 e. The highest BCUT2D eigenvalue weighted by Crippen LogP contribution is 2.23. The Hall–Kier alpha value is -1.12. The molecule has 1 aliphatic rings. The van der Waals surface area contributed by atoms with Gasteiger partial charge in [-0.2, -0.15) is 13.2 Å². The average molecular weight is 306 g/mol. The number of nitrogens with one attached hydrogen (secondary N) is 1. The van der Waals surface area contributed by atoms with Gasteiger partial charge in [0, 0.05) is 38.1 Å². The highest BCUT2D eigenvalue weighted by atomic mass is 19.4. The molecule has 0 spiro atoms. The molecule has 0 radical (unpaired) electrons. The van der Waals surface area contributed by atoms with Crippen LogP contribution in [0.4, 0.5) is 13.2 Å². The van der Waals surface area contributed by atoms with E-state index in [2.05, 4.69) is 9.97 Å². The van der Waals surface area contributed by atoms with Crippen molar-refractivity contribution in [1.82, 2.24) is 19.8 Å². The van der Waals surface area contributed by atoms with E-state index in [9.17, 15) is 13.2 Å². The zero-order chi connectivity index (χ0) is 15.5. The molecule has 120 valence electrons. The number of hydrogen-bond acceptors (Lipinski definition) is 4. The number of morpholine rings is 1. The number of aromatic amines is 1. The quantitative estimate of drug-likeness (QED) is 0.901. The van der Waals surface area contributed by atoms with Crippen molar-refractivity contribution in [2.75, 3.05) is 40.3 Å². The molecule has 1 aromatic heterocycles. The van der Waals surface area contributed by atoms with Gasteiger partial charge in [-0.1, -0.05) is 0 Å². The maximum absolute atomic E-state index is 12.3. The zero-order valence-electron chi connectivity index (χ0n) is 12.3. The fourth-order valence-corrected chi connectivity index (χ4v) is 2.32. The van der Waals surface area contributed by atoms with Crippen LogP contribution in [0.25, 0.3) is 0 Å². The van der Waals surface area contributed by atoms with Gasteiger partial charge in [0.1, 0.15) is 11.9 Å². The maximum Gasteiger partial charge on any atom is 0.390 e. The average Bonchev–Trinajstić information content (AvgIpc) is 2.83. The number of halogens is 3. The monoisotopic (exact) mass is 306 g/mol. The van der Waals surface area contributed by atoms with Gasteiger partial charge in [-0.25, -0.2) is 4.98 Å². The Morgan fingerprint density at radius 3 is 2.90 bits per heavy atom. The predicted molar refractivity (Wildman–Crippen MR) is 71.8 cm³/mol. The summed E-state index contributed by atoms with van der Waals surface area (Å²) < 4.78 is 42.4. The van der Waals surface area contributed by atoms with Crippen molar-refractivity contribution in [2.24, 2.45) is 0 Å². The van der Waals surface area contributed by atoms with E-state index in [1.807, 2.05) is 19.0 Å². The van der Waals surface area contributed by atoms with Gasteiger partial charge in [0.15, 0.2) is 0 Å². The molecule has 21 heavy (non-hydrogen) atoms. The molecule has 0 amide bonds. The van der Waals surface area contributed by atoms with Gasteiger partial charge in [-0.05, 0) is 14.1 Å². The number of ether oxygens (including phenoxy) is 1. The van der Waals surface area contributed by atoms with Crippen LogP contribution in [-0.4, -0.2) is 66.3 Å². The molecule has 1 aromatic rings. The molecule has 1 aliphatic heterocycles. The molecule has 0 saturated carbocycles. The third-order valence-corrected chi connectivity index (χ3v) is 3.30. The normalized spacial score (nSPS) is 21.1. The van der Waals surface area contributed by atoms with Crippen LogP contribution in [0, 0.1) is 0 Å². The number of H-pyrrole nitrogens is 1. The highest BCUT2D eigenvalue weighted by molar-refractivity contribution is 5.04. The summed E-state index contributed by atoms with van der Waals surface area (Å²) in [6.07, 6.45) is -3.45. The molecule has 0 aromatic carbocycles. The van der Waals surface area contributed by atoms with Crippen molar-refractivity contribution in [2.45, 2.75) is 25.2 Å². The summed E-state index contributed by atoms with van der Waals surface area (Å²) in [4.78, 5) is 11.2. The van der Waals surface area contributed by atoms with Crippen LogP contribution in [0.3, 0.4) is 0 Å². The number of hydrogen-bond donors (Lipinski definition) is 1. The summed E-state index contributed by atoms with van der Waals surface area (Å²) in [5, 5.41) is 0. The van der Waals surface area contributed by atoms with Crippen molar-refractivity contribution >= 4 is 0 Å². The summed E-state index contributed by atoms with van der Waals surface area (Å²) >= 11 is 0. The molecule has 0 unspecified atom stereocenters. The first kappa shape index (κ1) is 16.3. The van der Waals surface area contributed by atoms with E-state index in [0.29, 0.717) is 25.5 Å². The van der Waals surface area contributed by atoms with Gasteiger partial charge in [0.2, 0.25) is 0 Å². The van der Waals surface area contributed by atoms with E-state index < -0.39 is 12.6 Å². The highest BCUT2D eigenvalue weighted by Gasteiger charge is 2.30. The Bertz CT molecular complexity index is 447. The van der Waals surface area contributed by atoms with Crippen LogP contribution in [-0.2, 0) is 11.3 Å². The summed E-state index contributed by atoms with van der Waals surface area (Å²) in [6, 6.07) is 0. The van der Waals surface area contributed by atoms with Crippen molar-refractivity contribution in [1.29, 1.82) is 0 Å². The summed E-state index contributed by atoms with van der Waals surface area (Å²) in [5.41, 5.74) is 0.964. The molecule has 1 atom stereocenters. The number of aromatic nitrogens is 2. The lowest BCUT2D eigenvalue weighted by Crippen LogP contribution is -2.40. The number of rotatable bonds is 5. The minimum Gasteiger partial charge on any atom is -0.368 e. The van der Waals surface area contributed by atoms with Crippen LogP contribution in [0.2, 0.25) is 0 Å². The fourth-order valence-electron chi connectivity index (χ4n) is 2.32. The summed E-state index contributed by atoms with van der Waals surface area (Å²) in [6.45, 7) is 2.13. The lowest BCUT2D eigenvalue weighted by molar-refractivity contribution is -0.142. The Kier molecular flexibility index (Phi) is 5.23. The first-order chi connectivity index (χ1) is 9.83. The Balaban J connectivity index is 1.90. The third-order valence-electron chi connectivity index (χ3n) is 3.30. The van der Waals surface area contributed by atoms with Gasteiger partial charge in [-0.15, -0.1) is 0 Å². The maximum atomic E-state index is 12.3. The van der Waals surface area contributed by atoms with Gasteiger partial charge >= 0.3 is 6.18 Å². The molecule has 5 nitrogen and oxygen atoms in total. The molecular formula is C13H21F3N4O. The van der Waals surface area contributed by atoms with Gasteiger partial charge in [-0.3, -0.25) is 4.90 Å². The van der Waals surface area contributed by atoms with Gasteiger partial charge in [0.05, 0.1) is 13.0 Å². The molecule has 0 bridgehead atoms. The Morgan fingerprint density at radius 2 is 2.24 bits per heavy atom. The summed E-state index contributed by atoms with van der Waals surface area (Å²) in [5.74, 6) is 0.684. The van der Waals surface area contributed by atoms with Crippen LogP contribution in [0.1, 0.15) is 24.0 Å². The second kappa shape index (κ2) is 6.76. The standard InChI is InChI=1S/C13H21F3N4O/c1-19(2)8-10-7-17-12(18-10)11-9-20(5-6-21-11)4-3-13(14,15)16/h7,11H,3-6,8-9H2,1-2H3,(H,17,18)/t11-/m1/s1. The summed E-state index contributed by atoms with van der Waals surface area (Å²) in [7, 11) is 3.91. The first-order valence-electron chi connectivity index (χ1n) is 6.93. The Morgan fingerprint density at radius 1 is 1.48 bits per heavy atom. The van der Waals surface area contributed by atoms with Crippen molar-refractivity contribution in [3.63, 3.8) is 0 Å². The van der Waals surface area contributed by atoms with E-state index >= 15 is 0 Å². The van der Waals surface area contributed by atoms with Crippen LogP contribution >= 0.6 is 0 Å². The molecule has 1 N–H and O–H groups in total. The molecule has 1 saturated heterocycles. The second-order valence-corrected chi connectivity index (χ2v) is 5.56. The number of alkyl halides is 3. The van der Waals surface area contributed by atoms with E-state index in [4.69, 9.17) is 4.74 Å². The minimum atomic E-state index is -4.11. The van der Waals surface area contributed by atoms with Crippen LogP contribution in [0.5, 0.6) is 0 Å². The largest absolute Gasteiger partial charge is 0.390 e. The van der Waals surface area contributed by atoms with Crippen molar-refractivity contribution in [3.8, 4) is 0 Å². The van der Waals surface area contributed by atoms with E-state index in [1.54, 1.807) is 11.1 Å². The lowest BCUT2D eigenvalue weighted by Gasteiger charge is -2.32. The molecule has 2 rings (SSSR count). The topological polar surface area (TPSA) is 44.4 Å². The van der Waals surface area contributed by atoms with Gasteiger partial charge < -0.3 is 14.6 Å².